The zero-order valence-corrected chi connectivity index (χ0v) is 25.0. The van der Waals surface area contributed by atoms with E-state index >= 15 is 0 Å². The number of halogens is 4. The van der Waals surface area contributed by atoms with Gasteiger partial charge in [-0.2, -0.15) is 0 Å². The fourth-order valence-electron chi connectivity index (χ4n) is 6.88. The van der Waals surface area contributed by atoms with Gasteiger partial charge in [0.2, 0.25) is 0 Å². The van der Waals surface area contributed by atoms with Gasteiger partial charge in [-0.25, -0.2) is 0 Å². The first kappa shape index (κ1) is 27.4. The number of pyridine rings is 1. The second-order valence-electron chi connectivity index (χ2n) is 11.5. The first-order valence-corrected chi connectivity index (χ1v) is 18.9. The summed E-state index contributed by atoms with van der Waals surface area (Å²) in [6.07, 6.45) is 1.04. The zero-order valence-electron chi connectivity index (χ0n) is 22.9. The molecule has 3 aliphatic heterocycles. The van der Waals surface area contributed by atoms with Crippen molar-refractivity contribution in [2.45, 2.75) is 56.7 Å². The Morgan fingerprint density at radius 1 is 1.12 bits per heavy atom. The standard InChI is InChI=1S/C31H29F3IN4O3/c1-19-7-6-14-36-28(19)38-25(12-13-26(38)40)29(41)37(21-9-5-8-20(32)15-21)27-23-10-3-4-11-24(23)35(2)18-39(35,30(27)42)22-16-31(33,34)17-22/h3-11,14-15,22,25,27H,2,12-13,16-18H2,1H3/q+1/t25-,27-,39?/m0/s1. The van der Waals surface area contributed by atoms with E-state index in [0.29, 0.717) is 21.5 Å². The Labute approximate surface area is 244 Å². The molecular weight excluding hydrogens is 660 g/mol. The molecule has 218 valence electrons. The van der Waals surface area contributed by atoms with E-state index in [1.54, 1.807) is 43.5 Å². The minimum absolute atomic E-state index is 0.102. The van der Waals surface area contributed by atoms with Crippen molar-refractivity contribution in [3.63, 3.8) is 0 Å². The predicted molar refractivity (Wildman–Crippen MR) is 160 cm³/mol. The van der Waals surface area contributed by atoms with Crippen molar-refractivity contribution in [1.29, 1.82) is 0 Å². The average Bonchev–Trinajstić information content (AvgIpc) is 3.44. The van der Waals surface area contributed by atoms with Crippen LogP contribution in [-0.2, 0) is 14.4 Å². The molecule has 4 aliphatic rings. The molecule has 1 saturated carbocycles. The van der Waals surface area contributed by atoms with Crippen LogP contribution < -0.4 is 9.80 Å². The van der Waals surface area contributed by atoms with Gasteiger partial charge in [-0.1, -0.05) is 0 Å². The molecule has 7 rings (SSSR count). The summed E-state index contributed by atoms with van der Waals surface area (Å²) in [5.74, 6) is -4.25. The molecule has 3 fully saturated rings. The van der Waals surface area contributed by atoms with Crippen LogP contribution in [0.3, 0.4) is 0 Å². The van der Waals surface area contributed by atoms with Gasteiger partial charge in [-0.15, -0.1) is 0 Å². The molecule has 1 aliphatic carbocycles. The van der Waals surface area contributed by atoms with E-state index in [1.165, 1.54) is 28.0 Å². The summed E-state index contributed by atoms with van der Waals surface area (Å²) in [6, 6.07) is 13.6. The molecule has 0 radical (unpaired) electrons. The summed E-state index contributed by atoms with van der Waals surface area (Å²) < 4.78 is 48.8. The molecule has 11 heteroatoms. The van der Waals surface area contributed by atoms with Crippen molar-refractivity contribution >= 4 is 52.0 Å². The minimum atomic E-state index is -3.33. The van der Waals surface area contributed by atoms with Gasteiger partial charge in [0.25, 0.3) is 0 Å². The van der Waals surface area contributed by atoms with Crippen molar-refractivity contribution in [1.82, 2.24) is 4.98 Å². The van der Waals surface area contributed by atoms with Crippen molar-refractivity contribution in [2.75, 3.05) is 14.4 Å². The fraction of sp³-hybridized carbons (Fsp3) is 0.323. The summed E-state index contributed by atoms with van der Waals surface area (Å²) in [5.41, 5.74) is 1.47. The van der Waals surface area contributed by atoms with E-state index in [1.807, 2.05) is 12.1 Å². The van der Waals surface area contributed by atoms with Crippen LogP contribution in [0.1, 0.15) is 42.9 Å². The maximum atomic E-state index is 14.7. The van der Waals surface area contributed by atoms with E-state index in [9.17, 15) is 27.6 Å². The number of hydrogen-bond acceptors (Lipinski definition) is 4. The molecular formula is C31H29F3IN4O3+. The average molecular weight is 689 g/mol. The van der Waals surface area contributed by atoms with Crippen LogP contribution in [0.25, 0.3) is 0 Å². The van der Waals surface area contributed by atoms with Crippen LogP contribution in [0.2, 0.25) is 0 Å². The van der Waals surface area contributed by atoms with Gasteiger partial charge in [-0.3, -0.25) is 0 Å². The van der Waals surface area contributed by atoms with E-state index in [2.05, 4.69) is 9.50 Å². The summed E-state index contributed by atoms with van der Waals surface area (Å²) in [7, 11) is 0. The van der Waals surface area contributed by atoms with Crippen LogP contribution in [0.5, 0.6) is 0 Å². The third-order valence-electron chi connectivity index (χ3n) is 9.00. The van der Waals surface area contributed by atoms with Gasteiger partial charge in [0.05, 0.1) is 0 Å². The Kier molecular flexibility index (Phi) is 6.05. The molecule has 2 aromatic carbocycles. The first-order valence-electron chi connectivity index (χ1n) is 13.8. The van der Waals surface area contributed by atoms with Crippen molar-refractivity contribution < 1.29 is 30.3 Å². The Balaban J connectivity index is 1.39. The fourth-order valence-corrected chi connectivity index (χ4v) is 18.3. The van der Waals surface area contributed by atoms with E-state index in [-0.39, 0.29) is 33.0 Å². The molecule has 2 saturated heterocycles. The van der Waals surface area contributed by atoms with Crippen LogP contribution in [0.15, 0.2) is 66.9 Å². The zero-order chi connectivity index (χ0) is 29.6. The van der Waals surface area contributed by atoms with Crippen LogP contribution in [0.4, 0.5) is 24.7 Å². The number of nitrogens with zero attached hydrogens (tertiary/aromatic N) is 4. The molecule has 42 heavy (non-hydrogen) atoms. The summed E-state index contributed by atoms with van der Waals surface area (Å²) in [5, 5.41) is 0. The van der Waals surface area contributed by atoms with E-state index in [4.69, 9.17) is 0 Å². The molecule has 0 bridgehead atoms. The van der Waals surface area contributed by atoms with Crippen LogP contribution in [0, 0.1) is 16.3 Å². The van der Waals surface area contributed by atoms with Gasteiger partial charge >= 0.3 is 246 Å². The van der Waals surface area contributed by atoms with Crippen molar-refractivity contribution in [3.05, 3.63) is 87.4 Å². The number of benzene rings is 2. The molecule has 4 heterocycles. The summed E-state index contributed by atoms with van der Waals surface area (Å²) in [4.78, 5) is 49.7. The van der Waals surface area contributed by atoms with Gasteiger partial charge in [0.1, 0.15) is 0 Å². The summed E-state index contributed by atoms with van der Waals surface area (Å²) >= 11 is -3.33. The number of carbonyl (C=O) groups is 3. The number of fused-ring (bicyclic) bond motifs is 3. The number of hydrogen-bond donors (Lipinski definition) is 0. The topological polar surface area (TPSA) is 70.6 Å². The van der Waals surface area contributed by atoms with Gasteiger partial charge in [0.15, 0.2) is 0 Å². The number of rotatable bonds is 5. The number of anilines is 2. The Morgan fingerprint density at radius 3 is 2.60 bits per heavy atom. The number of amides is 3. The predicted octanol–water partition coefficient (Wildman–Crippen LogP) is 5.48. The second-order valence-corrected chi connectivity index (χ2v) is 19.5. The normalized spacial score (nSPS) is 31.0. The Bertz CT molecular complexity index is 1720. The number of alkyl halides is 3. The third-order valence-corrected chi connectivity index (χ3v) is 18.5. The maximum absolute atomic E-state index is 14.7. The number of aryl methyl sites for hydroxylation is 1. The second kappa shape index (κ2) is 9.27. The number of carbonyl (C=O) groups excluding carboxylic acids is 3. The molecule has 3 aromatic rings. The Morgan fingerprint density at radius 2 is 1.88 bits per heavy atom. The number of aromatic nitrogens is 1. The van der Waals surface area contributed by atoms with Crippen molar-refractivity contribution in [2.24, 2.45) is 0 Å². The molecule has 0 N–H and O–H groups in total. The first-order chi connectivity index (χ1) is 20.0. The van der Waals surface area contributed by atoms with Gasteiger partial charge < -0.3 is 0 Å². The monoisotopic (exact) mass is 689 g/mol. The molecule has 3 amide bonds. The van der Waals surface area contributed by atoms with Crippen LogP contribution >= 0.6 is 18.2 Å². The van der Waals surface area contributed by atoms with Crippen LogP contribution in [-0.4, -0.2) is 52.5 Å². The molecule has 0 spiro atoms. The summed E-state index contributed by atoms with van der Waals surface area (Å²) in [6.45, 7) is 1.79. The molecule has 2 unspecified atom stereocenters. The van der Waals surface area contributed by atoms with E-state index < -0.39 is 66.8 Å². The molecule has 7 nitrogen and oxygen atoms in total. The van der Waals surface area contributed by atoms with Crippen molar-refractivity contribution in [3.8, 4) is 0 Å². The molecule has 1 aromatic heterocycles. The third kappa shape index (κ3) is 3.78. The Hall–Kier alpha value is -3.45. The SMILES string of the molecule is C=I12C[N+]1(C1CC(F)(F)C1)C(=O)[C@@H](N(C(=O)[C@@H]1CCC(=O)N1c1ncccc1C)c1cccc(F)c1)c1ccccc12. The number of quaternary nitrogens is 1. The van der Waals surface area contributed by atoms with Gasteiger partial charge in [-0.05, 0) is 0 Å². The quantitative estimate of drug-likeness (QED) is 0.117. The molecule has 4 atom stereocenters. The van der Waals surface area contributed by atoms with Gasteiger partial charge in [0, 0.05) is 0 Å². The van der Waals surface area contributed by atoms with E-state index in [0.717, 1.165) is 3.57 Å².